The SMILES string of the molecule is CSc1cccc(NC(=O)c2cc(Cl)ccc2OCc2ccccc2)c1. The van der Waals surface area contributed by atoms with Gasteiger partial charge >= 0.3 is 0 Å². The molecule has 0 unspecified atom stereocenters. The van der Waals surface area contributed by atoms with Crippen molar-refractivity contribution >= 4 is 35.0 Å². The fourth-order valence-electron chi connectivity index (χ4n) is 2.44. The number of anilines is 1. The maximum atomic E-state index is 12.7. The summed E-state index contributed by atoms with van der Waals surface area (Å²) < 4.78 is 5.86. The predicted octanol–water partition coefficient (Wildman–Crippen LogP) is 5.89. The summed E-state index contributed by atoms with van der Waals surface area (Å²) in [4.78, 5) is 13.8. The summed E-state index contributed by atoms with van der Waals surface area (Å²) in [7, 11) is 0. The minimum Gasteiger partial charge on any atom is -0.488 e. The van der Waals surface area contributed by atoms with Crippen LogP contribution in [-0.2, 0) is 6.61 Å². The van der Waals surface area contributed by atoms with E-state index in [0.717, 1.165) is 16.1 Å². The van der Waals surface area contributed by atoms with Gasteiger partial charge in [0.1, 0.15) is 12.4 Å². The number of hydrogen-bond acceptors (Lipinski definition) is 3. The number of thioether (sulfide) groups is 1. The number of hydrogen-bond donors (Lipinski definition) is 1. The number of benzene rings is 3. The van der Waals surface area contributed by atoms with Crippen LogP contribution in [0.5, 0.6) is 5.75 Å². The van der Waals surface area contributed by atoms with Gasteiger partial charge < -0.3 is 10.1 Å². The number of carbonyl (C=O) groups excluding carboxylic acids is 1. The van der Waals surface area contributed by atoms with Gasteiger partial charge in [0.15, 0.2) is 0 Å². The number of halogens is 1. The Morgan fingerprint density at radius 1 is 1.04 bits per heavy atom. The van der Waals surface area contributed by atoms with Crippen molar-refractivity contribution < 1.29 is 9.53 Å². The molecule has 0 bridgehead atoms. The normalized spacial score (nSPS) is 10.4. The van der Waals surface area contributed by atoms with Crippen molar-refractivity contribution in [3.05, 3.63) is 88.9 Å². The standard InChI is InChI=1S/C21H18ClNO2S/c1-26-18-9-5-8-17(13-18)23-21(24)19-12-16(22)10-11-20(19)25-14-15-6-3-2-4-7-15/h2-13H,14H2,1H3,(H,23,24). The van der Waals surface area contributed by atoms with E-state index in [4.69, 9.17) is 16.3 Å². The van der Waals surface area contributed by atoms with Crippen LogP contribution in [0.2, 0.25) is 5.02 Å². The summed E-state index contributed by atoms with van der Waals surface area (Å²) >= 11 is 7.71. The molecule has 3 rings (SSSR count). The molecule has 0 heterocycles. The predicted molar refractivity (Wildman–Crippen MR) is 108 cm³/mol. The lowest BCUT2D eigenvalue weighted by atomic mass is 10.1. The second-order valence-electron chi connectivity index (χ2n) is 5.60. The molecule has 0 fully saturated rings. The van der Waals surface area contributed by atoms with Crippen molar-refractivity contribution in [2.75, 3.05) is 11.6 Å². The molecule has 3 aromatic carbocycles. The van der Waals surface area contributed by atoms with Crippen LogP contribution in [0.4, 0.5) is 5.69 Å². The zero-order valence-electron chi connectivity index (χ0n) is 14.2. The van der Waals surface area contributed by atoms with E-state index in [0.29, 0.717) is 22.9 Å². The molecule has 0 spiro atoms. The van der Waals surface area contributed by atoms with E-state index in [9.17, 15) is 4.79 Å². The average molecular weight is 384 g/mol. The first-order chi connectivity index (χ1) is 12.7. The summed E-state index contributed by atoms with van der Waals surface area (Å²) in [5, 5.41) is 3.39. The Morgan fingerprint density at radius 2 is 1.85 bits per heavy atom. The Morgan fingerprint density at radius 3 is 2.62 bits per heavy atom. The van der Waals surface area contributed by atoms with Gasteiger partial charge in [-0.3, -0.25) is 4.79 Å². The molecule has 5 heteroatoms. The number of nitrogens with one attached hydrogen (secondary N) is 1. The Bertz CT molecular complexity index is 900. The maximum Gasteiger partial charge on any atom is 0.259 e. The minimum atomic E-state index is -0.256. The summed E-state index contributed by atoms with van der Waals surface area (Å²) in [5.41, 5.74) is 2.17. The van der Waals surface area contributed by atoms with E-state index >= 15 is 0 Å². The first-order valence-electron chi connectivity index (χ1n) is 8.07. The molecule has 0 aliphatic carbocycles. The van der Waals surface area contributed by atoms with Crippen molar-refractivity contribution in [1.82, 2.24) is 0 Å². The van der Waals surface area contributed by atoms with Gasteiger partial charge in [0.25, 0.3) is 5.91 Å². The van der Waals surface area contributed by atoms with E-state index in [-0.39, 0.29) is 5.91 Å². The lowest BCUT2D eigenvalue weighted by molar-refractivity contribution is 0.102. The molecule has 0 radical (unpaired) electrons. The van der Waals surface area contributed by atoms with Crippen LogP contribution < -0.4 is 10.1 Å². The van der Waals surface area contributed by atoms with Crippen molar-refractivity contribution in [3.8, 4) is 5.75 Å². The molecule has 0 atom stereocenters. The van der Waals surface area contributed by atoms with Crippen LogP contribution in [0, 0.1) is 0 Å². The average Bonchev–Trinajstić information content (AvgIpc) is 2.68. The largest absolute Gasteiger partial charge is 0.488 e. The molecule has 132 valence electrons. The van der Waals surface area contributed by atoms with Crippen molar-refractivity contribution in [1.29, 1.82) is 0 Å². The fraction of sp³-hybridized carbons (Fsp3) is 0.0952. The molecule has 0 aliphatic rings. The van der Waals surface area contributed by atoms with Gasteiger partial charge in [-0.25, -0.2) is 0 Å². The van der Waals surface area contributed by atoms with E-state index in [1.54, 1.807) is 30.0 Å². The topological polar surface area (TPSA) is 38.3 Å². The van der Waals surface area contributed by atoms with Gasteiger partial charge in [-0.1, -0.05) is 48.0 Å². The Kier molecular flexibility index (Phi) is 6.21. The Labute approximate surface area is 162 Å². The van der Waals surface area contributed by atoms with Crippen molar-refractivity contribution in [3.63, 3.8) is 0 Å². The van der Waals surface area contributed by atoms with Gasteiger partial charge in [0.2, 0.25) is 0 Å². The van der Waals surface area contributed by atoms with E-state index in [1.165, 1.54) is 0 Å². The third kappa shape index (κ3) is 4.81. The van der Waals surface area contributed by atoms with Gasteiger partial charge in [0, 0.05) is 15.6 Å². The molecule has 0 saturated heterocycles. The van der Waals surface area contributed by atoms with Crippen LogP contribution >= 0.6 is 23.4 Å². The molecular weight excluding hydrogens is 366 g/mol. The highest BCUT2D eigenvalue weighted by Crippen LogP contribution is 2.26. The monoisotopic (exact) mass is 383 g/mol. The zero-order valence-corrected chi connectivity index (χ0v) is 15.8. The first-order valence-corrected chi connectivity index (χ1v) is 9.67. The molecule has 0 aromatic heterocycles. The highest BCUT2D eigenvalue weighted by molar-refractivity contribution is 7.98. The molecule has 26 heavy (non-hydrogen) atoms. The smallest absolute Gasteiger partial charge is 0.259 e. The van der Waals surface area contributed by atoms with E-state index in [2.05, 4.69) is 5.32 Å². The zero-order chi connectivity index (χ0) is 18.4. The lowest BCUT2D eigenvalue weighted by Gasteiger charge is -2.13. The molecule has 1 amide bonds. The molecule has 3 aromatic rings. The second kappa shape index (κ2) is 8.79. The highest BCUT2D eigenvalue weighted by Gasteiger charge is 2.14. The first kappa shape index (κ1) is 18.4. The Hall–Kier alpha value is -2.43. The summed E-state index contributed by atoms with van der Waals surface area (Å²) in [6.45, 7) is 0.380. The lowest BCUT2D eigenvalue weighted by Crippen LogP contribution is -2.13. The third-order valence-electron chi connectivity index (χ3n) is 3.75. The van der Waals surface area contributed by atoms with Gasteiger partial charge in [0.05, 0.1) is 5.56 Å². The summed E-state index contributed by atoms with van der Waals surface area (Å²) in [6.07, 6.45) is 1.99. The second-order valence-corrected chi connectivity index (χ2v) is 6.92. The number of ether oxygens (including phenoxy) is 1. The quantitative estimate of drug-likeness (QED) is 0.539. The van der Waals surface area contributed by atoms with Crippen molar-refractivity contribution in [2.45, 2.75) is 11.5 Å². The maximum absolute atomic E-state index is 12.7. The van der Waals surface area contributed by atoms with Gasteiger partial charge in [-0.2, -0.15) is 0 Å². The van der Waals surface area contributed by atoms with Gasteiger partial charge in [-0.05, 0) is 48.2 Å². The minimum absolute atomic E-state index is 0.256. The van der Waals surface area contributed by atoms with Gasteiger partial charge in [-0.15, -0.1) is 11.8 Å². The molecule has 1 N–H and O–H groups in total. The van der Waals surface area contributed by atoms with Crippen LogP contribution in [0.3, 0.4) is 0 Å². The van der Waals surface area contributed by atoms with Crippen LogP contribution in [0.15, 0.2) is 77.7 Å². The number of amides is 1. The third-order valence-corrected chi connectivity index (χ3v) is 4.71. The summed E-state index contributed by atoms with van der Waals surface area (Å²) in [5.74, 6) is 0.241. The molecule has 3 nitrogen and oxygen atoms in total. The Balaban J connectivity index is 1.79. The highest BCUT2D eigenvalue weighted by atomic mass is 35.5. The number of rotatable bonds is 6. The van der Waals surface area contributed by atoms with E-state index in [1.807, 2.05) is 60.9 Å². The number of carbonyl (C=O) groups is 1. The van der Waals surface area contributed by atoms with Crippen LogP contribution in [0.1, 0.15) is 15.9 Å². The molecule has 0 aliphatic heterocycles. The van der Waals surface area contributed by atoms with Crippen LogP contribution in [-0.4, -0.2) is 12.2 Å². The van der Waals surface area contributed by atoms with Crippen LogP contribution in [0.25, 0.3) is 0 Å². The fourth-order valence-corrected chi connectivity index (χ4v) is 3.07. The molecular formula is C21H18ClNO2S. The van der Waals surface area contributed by atoms with Crippen molar-refractivity contribution in [2.24, 2.45) is 0 Å². The van der Waals surface area contributed by atoms with E-state index < -0.39 is 0 Å². The summed E-state index contributed by atoms with van der Waals surface area (Å²) in [6, 6.07) is 22.5. The molecule has 0 saturated carbocycles.